The zero-order chi connectivity index (χ0) is 21.8. The highest BCUT2D eigenvalue weighted by atomic mass is 32.2. The lowest BCUT2D eigenvalue weighted by Crippen LogP contribution is -2.44. The predicted octanol–water partition coefficient (Wildman–Crippen LogP) is 4.17. The van der Waals surface area contributed by atoms with E-state index in [-0.39, 0.29) is 23.8 Å². The molecule has 0 N–H and O–H groups in total. The van der Waals surface area contributed by atoms with E-state index in [1.807, 2.05) is 12.3 Å². The van der Waals surface area contributed by atoms with Gasteiger partial charge in [-0.25, -0.2) is 9.78 Å². The van der Waals surface area contributed by atoms with Crippen LogP contribution >= 0.6 is 23.1 Å². The maximum Gasteiger partial charge on any atom is 0.340 e. The number of carbonyl (C=O) groups excluding carboxylic acids is 2. The van der Waals surface area contributed by atoms with Gasteiger partial charge in [0.25, 0.3) is 11.6 Å². The molecule has 2 atom stereocenters. The second-order valence-corrected chi connectivity index (χ2v) is 9.76. The third-order valence-electron chi connectivity index (χ3n) is 4.74. The topological polar surface area (TPSA) is 103 Å². The highest BCUT2D eigenvalue weighted by Gasteiger charge is 2.27. The molecule has 8 nitrogen and oxygen atoms in total. The Kier molecular flexibility index (Phi) is 7.09. The molecule has 30 heavy (non-hydrogen) atoms. The number of hydrogen-bond donors (Lipinski definition) is 0. The maximum atomic E-state index is 12.7. The van der Waals surface area contributed by atoms with Crippen LogP contribution in [-0.2, 0) is 9.53 Å². The van der Waals surface area contributed by atoms with Crippen LogP contribution in [0.2, 0.25) is 0 Å². The van der Waals surface area contributed by atoms with Crippen LogP contribution < -0.4 is 0 Å². The molecule has 1 aliphatic heterocycles. The van der Waals surface area contributed by atoms with Gasteiger partial charge in [-0.2, -0.15) is 0 Å². The van der Waals surface area contributed by atoms with Crippen molar-refractivity contribution in [2.45, 2.75) is 36.4 Å². The van der Waals surface area contributed by atoms with Crippen LogP contribution in [0.1, 0.15) is 36.3 Å². The van der Waals surface area contributed by atoms with Crippen LogP contribution in [0.5, 0.6) is 0 Å². The number of esters is 1. The second kappa shape index (κ2) is 9.57. The smallest absolute Gasteiger partial charge is 0.340 e. The van der Waals surface area contributed by atoms with Gasteiger partial charge in [0.1, 0.15) is 0 Å². The fraction of sp³-hybridized carbons (Fsp3) is 0.450. The molecule has 0 saturated carbocycles. The number of likely N-dealkylation sites (tertiary alicyclic amines) is 1. The van der Waals surface area contributed by atoms with Gasteiger partial charge in [-0.15, -0.1) is 11.3 Å². The first-order valence-electron chi connectivity index (χ1n) is 9.56. The number of aromatic nitrogens is 1. The molecule has 2 heterocycles. The van der Waals surface area contributed by atoms with E-state index in [0.29, 0.717) is 34.2 Å². The monoisotopic (exact) mass is 449 g/mol. The van der Waals surface area contributed by atoms with E-state index in [4.69, 9.17) is 4.74 Å². The molecular formula is C20H23N3O5S2. The molecular weight excluding hydrogens is 426 g/mol. The van der Waals surface area contributed by atoms with Crippen molar-refractivity contribution >= 4 is 40.7 Å². The Balaban J connectivity index is 1.73. The van der Waals surface area contributed by atoms with E-state index in [1.165, 1.54) is 41.3 Å². The van der Waals surface area contributed by atoms with E-state index in [0.717, 1.165) is 12.1 Å². The first-order valence-corrected chi connectivity index (χ1v) is 11.3. The van der Waals surface area contributed by atoms with Gasteiger partial charge in [-0.05, 0) is 31.2 Å². The highest BCUT2D eigenvalue weighted by Crippen LogP contribution is 2.34. The molecule has 2 aromatic rings. The number of ether oxygens (including phenoxy) is 1. The first-order chi connectivity index (χ1) is 14.2. The Labute approximate surface area is 182 Å². The van der Waals surface area contributed by atoms with E-state index >= 15 is 0 Å². The molecule has 3 rings (SSSR count). The quantitative estimate of drug-likeness (QED) is 0.370. The van der Waals surface area contributed by atoms with Gasteiger partial charge in [0.05, 0.1) is 10.5 Å². The molecule has 1 aromatic carbocycles. The Morgan fingerprint density at radius 1 is 1.33 bits per heavy atom. The molecule has 0 spiro atoms. The summed E-state index contributed by atoms with van der Waals surface area (Å²) in [5.41, 5.74) is 0.686. The molecule has 10 heteroatoms. The van der Waals surface area contributed by atoms with Gasteiger partial charge in [-0.1, -0.05) is 25.6 Å². The van der Waals surface area contributed by atoms with Crippen molar-refractivity contribution in [2.24, 2.45) is 11.8 Å². The summed E-state index contributed by atoms with van der Waals surface area (Å²) in [6, 6.07) is 4.02. The molecule has 0 aliphatic carbocycles. The summed E-state index contributed by atoms with van der Waals surface area (Å²) in [5, 5.41) is 13.0. The fourth-order valence-electron chi connectivity index (χ4n) is 3.52. The molecule has 1 saturated heterocycles. The maximum absolute atomic E-state index is 12.7. The van der Waals surface area contributed by atoms with Crippen molar-refractivity contribution in [1.82, 2.24) is 9.88 Å². The van der Waals surface area contributed by atoms with Crippen molar-refractivity contribution in [3.8, 4) is 0 Å². The van der Waals surface area contributed by atoms with Crippen molar-refractivity contribution in [1.29, 1.82) is 0 Å². The van der Waals surface area contributed by atoms with Crippen LogP contribution in [0.15, 0.2) is 32.8 Å². The van der Waals surface area contributed by atoms with Crippen molar-refractivity contribution < 1.29 is 19.2 Å². The molecule has 1 amide bonds. The van der Waals surface area contributed by atoms with Gasteiger partial charge >= 0.3 is 5.97 Å². The van der Waals surface area contributed by atoms with Crippen LogP contribution in [0.25, 0.3) is 0 Å². The number of benzene rings is 1. The molecule has 0 unspecified atom stereocenters. The summed E-state index contributed by atoms with van der Waals surface area (Å²) in [7, 11) is 0. The average Bonchev–Trinajstić information content (AvgIpc) is 3.09. The number of aryl methyl sites for hydroxylation is 1. The SMILES string of the molecule is Cc1csc(Sc2ccc([N+](=O)[O-])cc2C(=O)OCC(=O)N2C[C@H](C)C[C@H](C)C2)n1. The van der Waals surface area contributed by atoms with Gasteiger partial charge in [0.2, 0.25) is 0 Å². The Morgan fingerprint density at radius 2 is 2.03 bits per heavy atom. The first kappa shape index (κ1) is 22.2. The average molecular weight is 450 g/mol. The van der Waals surface area contributed by atoms with Gasteiger partial charge in [0, 0.05) is 41.2 Å². The number of nitro benzene ring substituents is 1. The molecule has 160 valence electrons. The Hall–Kier alpha value is -2.46. The number of hydrogen-bond acceptors (Lipinski definition) is 8. The predicted molar refractivity (Wildman–Crippen MR) is 114 cm³/mol. The molecule has 0 bridgehead atoms. The number of non-ortho nitro benzene ring substituents is 1. The zero-order valence-corrected chi connectivity index (χ0v) is 18.6. The normalized spacial score (nSPS) is 18.8. The molecule has 1 aromatic heterocycles. The van der Waals surface area contributed by atoms with Crippen molar-refractivity contribution in [3.63, 3.8) is 0 Å². The number of nitro groups is 1. The summed E-state index contributed by atoms with van der Waals surface area (Å²) in [6.07, 6.45) is 1.06. The summed E-state index contributed by atoms with van der Waals surface area (Å²) >= 11 is 2.65. The number of nitrogens with zero attached hydrogens (tertiary/aromatic N) is 3. The summed E-state index contributed by atoms with van der Waals surface area (Å²) < 4.78 is 5.96. The largest absolute Gasteiger partial charge is 0.452 e. The summed E-state index contributed by atoms with van der Waals surface area (Å²) in [5.74, 6) is -0.220. The third-order valence-corrected chi connectivity index (χ3v) is 6.87. The lowest BCUT2D eigenvalue weighted by Gasteiger charge is -2.34. The fourth-order valence-corrected chi connectivity index (χ4v) is 5.41. The lowest BCUT2D eigenvalue weighted by molar-refractivity contribution is -0.384. The zero-order valence-electron chi connectivity index (χ0n) is 17.0. The third kappa shape index (κ3) is 5.57. The van der Waals surface area contributed by atoms with Gasteiger partial charge in [0.15, 0.2) is 10.9 Å². The molecule has 0 radical (unpaired) electrons. The van der Waals surface area contributed by atoms with E-state index in [9.17, 15) is 19.7 Å². The van der Waals surface area contributed by atoms with E-state index < -0.39 is 10.9 Å². The molecule has 1 fully saturated rings. The minimum Gasteiger partial charge on any atom is -0.452 e. The van der Waals surface area contributed by atoms with Crippen LogP contribution in [0.3, 0.4) is 0 Å². The lowest BCUT2D eigenvalue weighted by atomic mass is 9.92. The van der Waals surface area contributed by atoms with Crippen LogP contribution in [-0.4, -0.2) is 46.4 Å². The number of amides is 1. The van der Waals surface area contributed by atoms with Gasteiger partial charge < -0.3 is 9.64 Å². The van der Waals surface area contributed by atoms with Crippen molar-refractivity contribution in [2.75, 3.05) is 19.7 Å². The Morgan fingerprint density at radius 3 is 2.63 bits per heavy atom. The van der Waals surface area contributed by atoms with Crippen LogP contribution in [0, 0.1) is 28.9 Å². The minimum atomic E-state index is -0.763. The van der Waals surface area contributed by atoms with E-state index in [2.05, 4.69) is 18.8 Å². The second-order valence-electron chi connectivity index (χ2n) is 7.62. The summed E-state index contributed by atoms with van der Waals surface area (Å²) in [4.78, 5) is 42.4. The summed E-state index contributed by atoms with van der Waals surface area (Å²) in [6.45, 7) is 6.94. The van der Waals surface area contributed by atoms with Gasteiger partial charge in [-0.3, -0.25) is 14.9 Å². The minimum absolute atomic E-state index is 0.0511. The number of carbonyl (C=O) groups is 2. The standard InChI is InChI=1S/C20H23N3O5S2/c1-12-6-13(2)9-22(8-12)18(24)10-28-19(25)16-7-15(23(26)27)4-5-17(16)30-20-21-14(3)11-29-20/h4-5,7,11-13H,6,8-10H2,1-3H3/t12-,13+. The van der Waals surface area contributed by atoms with Crippen LogP contribution in [0.4, 0.5) is 5.69 Å². The number of thiazole rings is 1. The van der Waals surface area contributed by atoms with Crippen molar-refractivity contribution in [3.05, 3.63) is 45.0 Å². The Bertz CT molecular complexity index is 952. The highest BCUT2D eigenvalue weighted by molar-refractivity contribution is 8.01. The number of piperidine rings is 1. The number of rotatable bonds is 6. The van der Waals surface area contributed by atoms with E-state index in [1.54, 1.807) is 4.90 Å². The molecule has 1 aliphatic rings.